The van der Waals surface area contributed by atoms with Gasteiger partial charge in [-0.2, -0.15) is 0 Å². The molecule has 5 nitrogen and oxygen atoms in total. The smallest absolute Gasteiger partial charge is 0.341 e. The van der Waals surface area contributed by atoms with Crippen LogP contribution in [0.4, 0.5) is 5.00 Å². The number of hydrogen-bond acceptors (Lipinski definition) is 6. The van der Waals surface area contributed by atoms with E-state index >= 15 is 0 Å². The lowest BCUT2D eigenvalue weighted by Crippen LogP contribution is -2.32. The fourth-order valence-corrected chi connectivity index (χ4v) is 5.39. The van der Waals surface area contributed by atoms with E-state index in [1.165, 1.54) is 22.7 Å². The molecule has 0 radical (unpaired) electrons. The van der Waals surface area contributed by atoms with Gasteiger partial charge in [-0.3, -0.25) is 4.79 Å². The van der Waals surface area contributed by atoms with Gasteiger partial charge in [0.05, 0.1) is 29.3 Å². The summed E-state index contributed by atoms with van der Waals surface area (Å²) in [6.45, 7) is 10.6. The Bertz CT molecular complexity index is 839. The van der Waals surface area contributed by atoms with Crippen molar-refractivity contribution in [2.45, 2.75) is 53.2 Å². The van der Waals surface area contributed by atoms with E-state index in [4.69, 9.17) is 9.47 Å². The standard InChI is InChI=1S/C21H27NO4S2/c1-6-25-21(24)16-13-10-14(11(2)3)26-17(12(4)5)18(13)28-20(16)22-19(23)15-8-7-9-27-15/h7-9,11-12,14,17H,6,10H2,1-5H3,(H,22,23). The van der Waals surface area contributed by atoms with E-state index < -0.39 is 0 Å². The Labute approximate surface area is 174 Å². The van der Waals surface area contributed by atoms with Crippen LogP contribution in [0, 0.1) is 11.8 Å². The Morgan fingerprint density at radius 3 is 2.61 bits per heavy atom. The summed E-state index contributed by atoms with van der Waals surface area (Å²) >= 11 is 2.81. The lowest BCUT2D eigenvalue weighted by molar-refractivity contribution is -0.0671. The molecule has 152 valence electrons. The van der Waals surface area contributed by atoms with Gasteiger partial charge in [-0.15, -0.1) is 22.7 Å². The quantitative estimate of drug-likeness (QED) is 0.623. The van der Waals surface area contributed by atoms with E-state index in [0.717, 1.165) is 10.4 Å². The second-order valence-corrected chi connectivity index (χ2v) is 9.59. The third kappa shape index (κ3) is 4.16. The van der Waals surface area contributed by atoms with Crippen molar-refractivity contribution in [3.05, 3.63) is 38.4 Å². The van der Waals surface area contributed by atoms with Gasteiger partial charge in [0.15, 0.2) is 0 Å². The first-order valence-electron chi connectivity index (χ1n) is 9.66. The third-order valence-corrected chi connectivity index (χ3v) is 6.90. The molecule has 0 aromatic carbocycles. The van der Waals surface area contributed by atoms with Crippen LogP contribution in [0.1, 0.15) is 71.2 Å². The maximum Gasteiger partial charge on any atom is 0.341 e. The van der Waals surface area contributed by atoms with Gasteiger partial charge in [0.2, 0.25) is 0 Å². The van der Waals surface area contributed by atoms with Crippen LogP contribution in [-0.2, 0) is 15.9 Å². The number of anilines is 1. The van der Waals surface area contributed by atoms with Crippen LogP contribution in [0.2, 0.25) is 0 Å². The Morgan fingerprint density at radius 2 is 2.04 bits per heavy atom. The van der Waals surface area contributed by atoms with Crippen molar-refractivity contribution in [1.29, 1.82) is 0 Å². The van der Waals surface area contributed by atoms with E-state index in [9.17, 15) is 9.59 Å². The van der Waals surface area contributed by atoms with Gasteiger partial charge in [0, 0.05) is 11.3 Å². The van der Waals surface area contributed by atoms with Crippen LogP contribution in [0.3, 0.4) is 0 Å². The summed E-state index contributed by atoms with van der Waals surface area (Å²) < 4.78 is 11.7. The topological polar surface area (TPSA) is 64.6 Å². The van der Waals surface area contributed by atoms with E-state index in [0.29, 0.717) is 34.4 Å². The van der Waals surface area contributed by atoms with Crippen molar-refractivity contribution in [2.24, 2.45) is 11.8 Å². The number of amides is 1. The number of esters is 1. The molecule has 2 atom stereocenters. The molecule has 0 spiro atoms. The lowest BCUT2D eigenvalue weighted by atomic mass is 9.89. The van der Waals surface area contributed by atoms with Crippen LogP contribution in [0.15, 0.2) is 17.5 Å². The predicted molar refractivity (Wildman–Crippen MR) is 114 cm³/mol. The van der Waals surface area contributed by atoms with Gasteiger partial charge in [-0.1, -0.05) is 33.8 Å². The van der Waals surface area contributed by atoms with Gasteiger partial charge in [-0.25, -0.2) is 4.79 Å². The summed E-state index contributed by atoms with van der Waals surface area (Å²) in [7, 11) is 0. The molecular formula is C21H27NO4S2. The molecule has 7 heteroatoms. The molecule has 3 heterocycles. The van der Waals surface area contributed by atoms with Crippen molar-refractivity contribution in [3.8, 4) is 0 Å². The fraction of sp³-hybridized carbons (Fsp3) is 0.524. The summed E-state index contributed by atoms with van der Waals surface area (Å²) in [6.07, 6.45) is 0.584. The molecule has 0 saturated carbocycles. The van der Waals surface area contributed by atoms with Crippen LogP contribution in [0.5, 0.6) is 0 Å². The number of hydrogen-bond donors (Lipinski definition) is 1. The highest BCUT2D eigenvalue weighted by molar-refractivity contribution is 7.17. The Hall–Kier alpha value is -1.70. The highest BCUT2D eigenvalue weighted by Crippen LogP contribution is 2.46. The Balaban J connectivity index is 2.06. The summed E-state index contributed by atoms with van der Waals surface area (Å²) in [4.78, 5) is 27.1. The minimum absolute atomic E-state index is 0.0310. The molecule has 1 amide bonds. The van der Waals surface area contributed by atoms with Crippen molar-refractivity contribution < 1.29 is 19.1 Å². The van der Waals surface area contributed by atoms with Gasteiger partial charge in [0.1, 0.15) is 5.00 Å². The fourth-order valence-electron chi connectivity index (χ4n) is 3.35. The normalized spacial score (nSPS) is 19.0. The third-order valence-electron chi connectivity index (χ3n) is 4.82. The molecule has 2 aromatic rings. The highest BCUT2D eigenvalue weighted by atomic mass is 32.1. The minimum Gasteiger partial charge on any atom is -0.462 e. The molecule has 1 aliphatic rings. The highest BCUT2D eigenvalue weighted by Gasteiger charge is 2.38. The Kier molecular flexibility index (Phi) is 6.58. The van der Waals surface area contributed by atoms with Crippen LogP contribution >= 0.6 is 22.7 Å². The van der Waals surface area contributed by atoms with E-state index in [-0.39, 0.29) is 30.0 Å². The molecule has 3 rings (SSSR count). The molecule has 28 heavy (non-hydrogen) atoms. The average Bonchev–Trinajstić information content (AvgIpc) is 3.28. The first kappa shape index (κ1) is 21.0. The number of rotatable bonds is 6. The maximum atomic E-state index is 12.8. The summed E-state index contributed by atoms with van der Waals surface area (Å²) in [5.41, 5.74) is 1.46. The van der Waals surface area contributed by atoms with E-state index in [1.807, 2.05) is 11.4 Å². The molecular weight excluding hydrogens is 394 g/mol. The number of nitrogens with one attached hydrogen (secondary N) is 1. The molecule has 0 saturated heterocycles. The molecule has 2 aromatic heterocycles. The monoisotopic (exact) mass is 421 g/mol. The summed E-state index contributed by atoms with van der Waals surface area (Å²) in [6, 6.07) is 3.60. The van der Waals surface area contributed by atoms with Gasteiger partial charge >= 0.3 is 5.97 Å². The summed E-state index contributed by atoms with van der Waals surface area (Å²) in [5, 5.41) is 5.36. The lowest BCUT2D eigenvalue weighted by Gasteiger charge is -2.34. The van der Waals surface area contributed by atoms with E-state index in [1.54, 1.807) is 13.0 Å². The molecule has 2 unspecified atom stereocenters. The SMILES string of the molecule is CCOC(=O)c1c(NC(=O)c2cccs2)sc2c1CC(C(C)C)OC2C(C)C. The first-order valence-corrected chi connectivity index (χ1v) is 11.4. The van der Waals surface area contributed by atoms with Crippen LogP contribution < -0.4 is 5.32 Å². The van der Waals surface area contributed by atoms with E-state index in [2.05, 4.69) is 33.0 Å². The average molecular weight is 422 g/mol. The van der Waals surface area contributed by atoms with Crippen molar-refractivity contribution in [2.75, 3.05) is 11.9 Å². The van der Waals surface area contributed by atoms with Crippen molar-refractivity contribution in [1.82, 2.24) is 0 Å². The van der Waals surface area contributed by atoms with Crippen LogP contribution in [-0.4, -0.2) is 24.6 Å². The zero-order valence-corrected chi connectivity index (χ0v) is 18.5. The van der Waals surface area contributed by atoms with Crippen LogP contribution in [0.25, 0.3) is 0 Å². The van der Waals surface area contributed by atoms with Gasteiger partial charge in [-0.05, 0) is 35.8 Å². The molecule has 0 fully saturated rings. The van der Waals surface area contributed by atoms with Crippen molar-refractivity contribution >= 4 is 39.6 Å². The molecule has 0 aliphatic carbocycles. The number of ether oxygens (including phenoxy) is 2. The minimum atomic E-state index is -0.381. The molecule has 0 bridgehead atoms. The summed E-state index contributed by atoms with van der Waals surface area (Å²) in [5.74, 6) is -0.00156. The number of thiophene rings is 2. The second kappa shape index (κ2) is 8.76. The van der Waals surface area contributed by atoms with Crippen molar-refractivity contribution in [3.63, 3.8) is 0 Å². The largest absolute Gasteiger partial charge is 0.462 e. The number of carbonyl (C=O) groups excluding carboxylic acids is 2. The first-order chi connectivity index (χ1) is 13.3. The predicted octanol–water partition coefficient (Wildman–Crippen LogP) is 5.53. The maximum absolute atomic E-state index is 12.8. The van der Waals surface area contributed by atoms with Gasteiger partial charge < -0.3 is 14.8 Å². The Morgan fingerprint density at radius 1 is 1.29 bits per heavy atom. The zero-order valence-electron chi connectivity index (χ0n) is 16.9. The second-order valence-electron chi connectivity index (χ2n) is 7.59. The number of carbonyl (C=O) groups is 2. The van der Waals surface area contributed by atoms with Gasteiger partial charge in [0.25, 0.3) is 5.91 Å². The number of fused-ring (bicyclic) bond motifs is 1. The molecule has 1 N–H and O–H groups in total. The zero-order chi connectivity index (χ0) is 20.4. The molecule has 1 aliphatic heterocycles.